The van der Waals surface area contributed by atoms with Crippen LogP contribution in [0.15, 0.2) is 59.5 Å². The summed E-state index contributed by atoms with van der Waals surface area (Å²) in [5.74, 6) is 0.299. The summed E-state index contributed by atoms with van der Waals surface area (Å²) in [5, 5.41) is 0.419. The van der Waals surface area contributed by atoms with E-state index in [0.29, 0.717) is 17.5 Å². The third-order valence-corrected chi connectivity index (χ3v) is 4.84. The van der Waals surface area contributed by atoms with Gasteiger partial charge >= 0.3 is 0 Å². The predicted molar refractivity (Wildman–Crippen MR) is 79.8 cm³/mol. The van der Waals surface area contributed by atoms with E-state index >= 15 is 0 Å². The molecule has 1 aliphatic heterocycles. The summed E-state index contributed by atoms with van der Waals surface area (Å²) >= 11 is 1.86. The van der Waals surface area contributed by atoms with Gasteiger partial charge in [-0.1, -0.05) is 48.5 Å². The highest BCUT2D eigenvalue weighted by Gasteiger charge is 2.24. The Kier molecular flexibility index (Phi) is 3.69. The normalized spacial score (nSPS) is 18.1. The average Bonchev–Trinajstić information content (AvgIpc) is 2.46. The number of thioether (sulfide) groups is 1. The Bertz CT molecular complexity index is 577. The summed E-state index contributed by atoms with van der Waals surface area (Å²) in [5.41, 5.74) is 2.26. The Morgan fingerprint density at radius 2 is 1.74 bits per heavy atom. The molecule has 0 unspecified atom stereocenters. The molecule has 2 aromatic carbocycles. The van der Waals surface area contributed by atoms with Gasteiger partial charge < -0.3 is 0 Å². The van der Waals surface area contributed by atoms with E-state index < -0.39 is 0 Å². The van der Waals surface area contributed by atoms with Crippen LogP contribution >= 0.6 is 11.8 Å². The molecule has 1 nitrogen and oxygen atoms in total. The SMILES string of the molecule is O=C1C[C@H](CCc2ccccc2)Sc2ccccc21. The maximum Gasteiger partial charge on any atom is 0.165 e. The first-order valence-corrected chi connectivity index (χ1v) is 7.54. The van der Waals surface area contributed by atoms with Gasteiger partial charge in [0.2, 0.25) is 0 Å². The number of hydrogen-bond donors (Lipinski definition) is 0. The van der Waals surface area contributed by atoms with E-state index in [4.69, 9.17) is 0 Å². The highest BCUT2D eigenvalue weighted by molar-refractivity contribution is 8.00. The molecule has 0 radical (unpaired) electrons. The summed E-state index contributed by atoms with van der Waals surface area (Å²) in [4.78, 5) is 13.2. The number of aryl methyl sites for hydroxylation is 1. The number of fused-ring (bicyclic) bond motifs is 1. The van der Waals surface area contributed by atoms with Crippen molar-refractivity contribution in [3.8, 4) is 0 Å². The molecule has 0 N–H and O–H groups in total. The van der Waals surface area contributed by atoms with Crippen molar-refractivity contribution in [2.75, 3.05) is 0 Å². The lowest BCUT2D eigenvalue weighted by Crippen LogP contribution is -2.17. The molecule has 0 saturated carbocycles. The fourth-order valence-corrected chi connectivity index (χ4v) is 3.77. The van der Waals surface area contributed by atoms with Gasteiger partial charge in [0, 0.05) is 22.1 Å². The van der Waals surface area contributed by atoms with E-state index in [0.717, 1.165) is 23.3 Å². The van der Waals surface area contributed by atoms with Crippen LogP contribution in [0.3, 0.4) is 0 Å². The standard InChI is InChI=1S/C17H16OS/c18-16-12-14(11-10-13-6-2-1-3-7-13)19-17-9-5-4-8-15(16)17/h1-9,14H,10-12H2/t14-/m0/s1. The van der Waals surface area contributed by atoms with E-state index in [1.807, 2.05) is 36.0 Å². The van der Waals surface area contributed by atoms with Crippen molar-refractivity contribution in [3.05, 3.63) is 65.7 Å². The van der Waals surface area contributed by atoms with Crippen LogP contribution in [0.25, 0.3) is 0 Å². The lowest BCUT2D eigenvalue weighted by Gasteiger charge is -2.22. The fraction of sp³-hybridized carbons (Fsp3) is 0.235. The van der Waals surface area contributed by atoms with Crippen LogP contribution in [0.2, 0.25) is 0 Å². The number of carbonyl (C=O) groups is 1. The highest BCUT2D eigenvalue weighted by Crippen LogP contribution is 2.37. The Morgan fingerprint density at radius 1 is 1.00 bits per heavy atom. The van der Waals surface area contributed by atoms with Crippen LogP contribution < -0.4 is 0 Å². The first-order chi connectivity index (χ1) is 9.33. The van der Waals surface area contributed by atoms with Crippen LogP contribution in [0.1, 0.15) is 28.8 Å². The van der Waals surface area contributed by atoms with Crippen LogP contribution in [0, 0.1) is 0 Å². The van der Waals surface area contributed by atoms with Crippen molar-refractivity contribution in [1.29, 1.82) is 0 Å². The Labute approximate surface area is 118 Å². The zero-order valence-corrected chi connectivity index (χ0v) is 11.5. The molecule has 0 fully saturated rings. The van der Waals surface area contributed by atoms with Crippen molar-refractivity contribution in [2.45, 2.75) is 29.4 Å². The smallest absolute Gasteiger partial charge is 0.165 e. The number of benzene rings is 2. The van der Waals surface area contributed by atoms with E-state index in [9.17, 15) is 4.79 Å². The second kappa shape index (κ2) is 5.62. The lowest BCUT2D eigenvalue weighted by molar-refractivity contribution is 0.0976. The van der Waals surface area contributed by atoms with Gasteiger partial charge in [0.25, 0.3) is 0 Å². The Balaban J connectivity index is 1.67. The van der Waals surface area contributed by atoms with Crippen LogP contribution in [-0.2, 0) is 6.42 Å². The molecule has 1 heterocycles. The minimum atomic E-state index is 0.299. The van der Waals surface area contributed by atoms with Gasteiger partial charge in [-0.25, -0.2) is 0 Å². The van der Waals surface area contributed by atoms with Crippen molar-refractivity contribution >= 4 is 17.5 Å². The summed E-state index contributed by atoms with van der Waals surface area (Å²) in [6.45, 7) is 0. The maximum atomic E-state index is 12.1. The van der Waals surface area contributed by atoms with Crippen LogP contribution in [-0.4, -0.2) is 11.0 Å². The Morgan fingerprint density at radius 3 is 2.58 bits per heavy atom. The van der Waals surface area contributed by atoms with Gasteiger partial charge in [-0.3, -0.25) is 4.79 Å². The number of rotatable bonds is 3. The fourth-order valence-electron chi connectivity index (χ4n) is 2.47. The van der Waals surface area contributed by atoms with Gasteiger partial charge in [-0.05, 0) is 24.5 Å². The van der Waals surface area contributed by atoms with Crippen molar-refractivity contribution in [2.24, 2.45) is 0 Å². The largest absolute Gasteiger partial charge is 0.294 e. The van der Waals surface area contributed by atoms with Gasteiger partial charge in [-0.2, -0.15) is 0 Å². The topological polar surface area (TPSA) is 17.1 Å². The van der Waals surface area contributed by atoms with E-state index in [2.05, 4.69) is 30.3 Å². The van der Waals surface area contributed by atoms with Gasteiger partial charge in [0.05, 0.1) is 0 Å². The van der Waals surface area contributed by atoms with E-state index in [1.165, 1.54) is 5.56 Å². The second-order valence-corrected chi connectivity index (χ2v) is 6.23. The molecule has 0 aliphatic carbocycles. The summed E-state index contributed by atoms with van der Waals surface area (Å²) in [7, 11) is 0. The monoisotopic (exact) mass is 268 g/mol. The molecular formula is C17H16OS. The minimum Gasteiger partial charge on any atom is -0.294 e. The molecule has 1 aliphatic rings. The molecule has 2 heteroatoms. The van der Waals surface area contributed by atoms with Crippen molar-refractivity contribution in [1.82, 2.24) is 0 Å². The van der Waals surface area contributed by atoms with Gasteiger partial charge in [-0.15, -0.1) is 11.8 Å². The first-order valence-electron chi connectivity index (χ1n) is 6.66. The van der Waals surface area contributed by atoms with E-state index in [1.54, 1.807) is 0 Å². The number of hydrogen-bond acceptors (Lipinski definition) is 2. The molecule has 0 saturated heterocycles. The van der Waals surface area contributed by atoms with E-state index in [-0.39, 0.29) is 0 Å². The average molecular weight is 268 g/mol. The maximum absolute atomic E-state index is 12.1. The lowest BCUT2D eigenvalue weighted by atomic mass is 10.0. The molecule has 2 aromatic rings. The third-order valence-electron chi connectivity index (χ3n) is 3.49. The van der Waals surface area contributed by atoms with Gasteiger partial charge in [0.1, 0.15) is 0 Å². The number of ketones is 1. The molecule has 0 bridgehead atoms. The molecule has 1 atom stereocenters. The predicted octanol–water partition coefficient (Wildman–Crippen LogP) is 4.37. The van der Waals surface area contributed by atoms with Crippen LogP contribution in [0.5, 0.6) is 0 Å². The summed E-state index contributed by atoms with van der Waals surface area (Å²) in [6.07, 6.45) is 2.79. The summed E-state index contributed by atoms with van der Waals surface area (Å²) in [6, 6.07) is 18.5. The quantitative estimate of drug-likeness (QED) is 0.822. The number of carbonyl (C=O) groups excluding carboxylic acids is 1. The highest BCUT2D eigenvalue weighted by atomic mass is 32.2. The first kappa shape index (κ1) is 12.5. The molecular weight excluding hydrogens is 252 g/mol. The molecule has 0 spiro atoms. The van der Waals surface area contributed by atoms with Gasteiger partial charge in [0.15, 0.2) is 5.78 Å². The summed E-state index contributed by atoms with van der Waals surface area (Å²) < 4.78 is 0. The Hall–Kier alpha value is -1.54. The zero-order valence-electron chi connectivity index (χ0n) is 10.7. The van der Waals surface area contributed by atoms with Crippen LogP contribution in [0.4, 0.5) is 0 Å². The van der Waals surface area contributed by atoms with Crippen molar-refractivity contribution < 1.29 is 4.79 Å². The molecule has 96 valence electrons. The zero-order chi connectivity index (χ0) is 13.1. The third kappa shape index (κ3) is 2.90. The number of Topliss-reactive ketones (excluding diaryl/α,β-unsaturated/α-hetero) is 1. The van der Waals surface area contributed by atoms with Crippen molar-refractivity contribution in [3.63, 3.8) is 0 Å². The second-order valence-electron chi connectivity index (χ2n) is 4.89. The molecule has 3 rings (SSSR count). The molecule has 0 amide bonds. The minimum absolute atomic E-state index is 0.299. The molecule has 19 heavy (non-hydrogen) atoms. The molecule has 0 aromatic heterocycles.